The average Bonchev–Trinajstić information content (AvgIpc) is 2.62. The smallest absolute Gasteiger partial charge is 0.253 e. The van der Waals surface area contributed by atoms with Gasteiger partial charge >= 0.3 is 0 Å². The minimum Gasteiger partial charge on any atom is -0.369 e. The van der Waals surface area contributed by atoms with Crippen molar-refractivity contribution in [2.75, 3.05) is 6.61 Å². The molecule has 2 rings (SSSR count). The fraction of sp³-hybridized carbons (Fsp3) is 0.308. The Labute approximate surface area is 112 Å². The first-order valence-electron chi connectivity index (χ1n) is 5.94. The van der Waals surface area contributed by atoms with Crippen LogP contribution in [0.1, 0.15) is 19.4 Å². The summed E-state index contributed by atoms with van der Waals surface area (Å²) >= 11 is 0. The van der Waals surface area contributed by atoms with Crippen molar-refractivity contribution in [2.24, 2.45) is 0 Å². The van der Waals surface area contributed by atoms with E-state index in [1.54, 1.807) is 32.0 Å². The van der Waals surface area contributed by atoms with E-state index < -0.39 is 15.9 Å². The Balaban J connectivity index is 2.26. The first kappa shape index (κ1) is 13.8. The summed E-state index contributed by atoms with van der Waals surface area (Å²) < 4.78 is 28.9. The molecule has 0 radical (unpaired) electrons. The van der Waals surface area contributed by atoms with E-state index in [4.69, 9.17) is 4.74 Å². The van der Waals surface area contributed by atoms with Gasteiger partial charge in [-0.05, 0) is 19.9 Å². The quantitative estimate of drug-likeness (QED) is 0.903. The van der Waals surface area contributed by atoms with Crippen molar-refractivity contribution in [3.05, 3.63) is 35.2 Å². The standard InChI is InChI=1S/C13H15NO4S/c1-3-18-9(2)13(15)14-11-8-19(16,17)12-7-5-4-6-10(11)12/h4-9H,3H2,1-2H3,(H,14,15)/t9-/m0/s1. The van der Waals surface area contributed by atoms with Crippen LogP contribution in [0.2, 0.25) is 0 Å². The third-order valence-corrected chi connectivity index (χ3v) is 4.32. The number of rotatable bonds is 4. The summed E-state index contributed by atoms with van der Waals surface area (Å²) in [6.07, 6.45) is -0.624. The van der Waals surface area contributed by atoms with Gasteiger partial charge in [0.25, 0.3) is 5.91 Å². The average molecular weight is 281 g/mol. The van der Waals surface area contributed by atoms with Gasteiger partial charge in [0.1, 0.15) is 6.10 Å². The van der Waals surface area contributed by atoms with E-state index >= 15 is 0 Å². The maximum absolute atomic E-state index is 11.9. The highest BCUT2D eigenvalue weighted by Gasteiger charge is 2.28. The number of ether oxygens (including phenoxy) is 1. The van der Waals surface area contributed by atoms with Gasteiger partial charge in [-0.15, -0.1) is 0 Å². The molecule has 0 unspecified atom stereocenters. The van der Waals surface area contributed by atoms with E-state index in [2.05, 4.69) is 5.32 Å². The van der Waals surface area contributed by atoms with Gasteiger partial charge in [0.2, 0.25) is 9.84 Å². The molecule has 5 nitrogen and oxygen atoms in total. The summed E-state index contributed by atoms with van der Waals surface area (Å²) in [6.45, 7) is 3.83. The van der Waals surface area contributed by atoms with Gasteiger partial charge in [0, 0.05) is 12.2 Å². The molecular weight excluding hydrogens is 266 g/mol. The lowest BCUT2D eigenvalue weighted by Gasteiger charge is -2.12. The molecule has 0 saturated carbocycles. The molecule has 1 atom stereocenters. The van der Waals surface area contributed by atoms with Crippen LogP contribution >= 0.6 is 0 Å². The Morgan fingerprint density at radius 2 is 2.05 bits per heavy atom. The lowest BCUT2D eigenvalue weighted by atomic mass is 10.2. The van der Waals surface area contributed by atoms with Crippen molar-refractivity contribution < 1.29 is 17.9 Å². The summed E-state index contributed by atoms with van der Waals surface area (Å²) in [5.74, 6) is -0.361. The molecular formula is C13H15NO4S. The highest BCUT2D eigenvalue weighted by Crippen LogP contribution is 2.31. The molecule has 1 aliphatic rings. The molecule has 1 N–H and O–H groups in total. The summed E-state index contributed by atoms with van der Waals surface area (Å²) in [4.78, 5) is 12.1. The molecule has 1 aliphatic heterocycles. The predicted octanol–water partition coefficient (Wildman–Crippen LogP) is 1.31. The lowest BCUT2D eigenvalue weighted by molar-refractivity contribution is -0.130. The van der Waals surface area contributed by atoms with E-state index in [0.717, 1.165) is 5.41 Å². The van der Waals surface area contributed by atoms with Gasteiger partial charge in [-0.1, -0.05) is 18.2 Å². The summed E-state index contributed by atoms with van der Waals surface area (Å²) in [6, 6.07) is 6.56. The van der Waals surface area contributed by atoms with E-state index in [-0.39, 0.29) is 10.8 Å². The van der Waals surface area contributed by atoms with E-state index in [1.165, 1.54) is 6.07 Å². The zero-order valence-electron chi connectivity index (χ0n) is 10.7. The zero-order chi connectivity index (χ0) is 14.0. The van der Waals surface area contributed by atoms with Crippen LogP contribution in [0, 0.1) is 0 Å². The lowest BCUT2D eigenvalue weighted by Crippen LogP contribution is -2.33. The summed E-state index contributed by atoms with van der Waals surface area (Å²) in [7, 11) is -3.46. The van der Waals surface area contributed by atoms with E-state index in [1.807, 2.05) is 0 Å². The molecule has 0 bridgehead atoms. The highest BCUT2D eigenvalue weighted by molar-refractivity contribution is 7.95. The second-order valence-corrected chi connectivity index (χ2v) is 5.93. The molecule has 1 aromatic rings. The minimum absolute atomic E-state index is 0.217. The molecule has 0 saturated heterocycles. The highest BCUT2D eigenvalue weighted by atomic mass is 32.2. The van der Waals surface area contributed by atoms with Crippen molar-refractivity contribution in [3.63, 3.8) is 0 Å². The van der Waals surface area contributed by atoms with Crippen LogP contribution in [-0.4, -0.2) is 27.0 Å². The molecule has 0 aliphatic carbocycles. The third kappa shape index (κ3) is 2.69. The van der Waals surface area contributed by atoms with Crippen LogP contribution in [0.3, 0.4) is 0 Å². The number of benzene rings is 1. The number of amides is 1. The number of nitrogens with one attached hydrogen (secondary N) is 1. The second-order valence-electron chi connectivity index (χ2n) is 4.16. The molecule has 1 amide bonds. The fourth-order valence-electron chi connectivity index (χ4n) is 1.88. The van der Waals surface area contributed by atoms with E-state index in [9.17, 15) is 13.2 Å². The van der Waals surface area contributed by atoms with Crippen LogP contribution < -0.4 is 5.32 Å². The van der Waals surface area contributed by atoms with Crippen molar-refractivity contribution in [3.8, 4) is 0 Å². The summed E-state index contributed by atoms with van der Waals surface area (Å²) in [5, 5.41) is 3.67. The van der Waals surface area contributed by atoms with Crippen LogP contribution in [0.5, 0.6) is 0 Å². The fourth-order valence-corrected chi connectivity index (χ4v) is 3.25. The van der Waals surface area contributed by atoms with Crippen LogP contribution in [-0.2, 0) is 19.4 Å². The summed E-state index contributed by atoms with van der Waals surface area (Å²) in [5.41, 5.74) is 0.812. The Morgan fingerprint density at radius 3 is 2.74 bits per heavy atom. The van der Waals surface area contributed by atoms with Gasteiger partial charge in [-0.2, -0.15) is 0 Å². The monoisotopic (exact) mass is 281 g/mol. The molecule has 0 aromatic heterocycles. The van der Waals surface area contributed by atoms with Gasteiger partial charge in [0.05, 0.1) is 16.0 Å². The third-order valence-electron chi connectivity index (χ3n) is 2.80. The van der Waals surface area contributed by atoms with Gasteiger partial charge in [-0.3, -0.25) is 4.79 Å². The molecule has 19 heavy (non-hydrogen) atoms. The maximum atomic E-state index is 11.9. The number of hydrogen-bond acceptors (Lipinski definition) is 4. The first-order chi connectivity index (χ1) is 8.95. The van der Waals surface area contributed by atoms with Crippen molar-refractivity contribution in [1.29, 1.82) is 0 Å². The Hall–Kier alpha value is -1.66. The van der Waals surface area contributed by atoms with E-state index in [0.29, 0.717) is 17.9 Å². The topological polar surface area (TPSA) is 72.5 Å². The SMILES string of the molecule is CCO[C@@H](C)C(=O)NC1=CS(=O)(=O)c2ccccc21. The van der Waals surface area contributed by atoms with Crippen LogP contribution in [0.25, 0.3) is 5.70 Å². The molecule has 0 spiro atoms. The predicted molar refractivity (Wildman–Crippen MR) is 70.8 cm³/mol. The Bertz CT molecular complexity index is 634. The number of sulfone groups is 1. The number of carbonyl (C=O) groups excluding carboxylic acids is 1. The molecule has 1 heterocycles. The molecule has 102 valence electrons. The Morgan fingerprint density at radius 1 is 1.37 bits per heavy atom. The van der Waals surface area contributed by atoms with Crippen molar-refractivity contribution >= 4 is 21.4 Å². The zero-order valence-corrected chi connectivity index (χ0v) is 11.5. The number of carbonyl (C=O) groups is 1. The molecule has 6 heteroatoms. The normalized spacial score (nSPS) is 17.5. The second kappa shape index (κ2) is 5.14. The van der Waals surface area contributed by atoms with Crippen molar-refractivity contribution in [1.82, 2.24) is 5.32 Å². The van der Waals surface area contributed by atoms with Crippen LogP contribution in [0.15, 0.2) is 34.6 Å². The number of hydrogen-bond donors (Lipinski definition) is 1. The number of fused-ring (bicyclic) bond motifs is 1. The van der Waals surface area contributed by atoms with Crippen molar-refractivity contribution in [2.45, 2.75) is 24.8 Å². The van der Waals surface area contributed by atoms with Gasteiger partial charge in [0.15, 0.2) is 0 Å². The largest absolute Gasteiger partial charge is 0.369 e. The minimum atomic E-state index is -3.46. The van der Waals surface area contributed by atoms with Gasteiger partial charge in [-0.25, -0.2) is 8.42 Å². The molecule has 0 fully saturated rings. The molecule has 1 aromatic carbocycles. The maximum Gasteiger partial charge on any atom is 0.253 e. The first-order valence-corrected chi connectivity index (χ1v) is 7.49. The van der Waals surface area contributed by atoms with Gasteiger partial charge < -0.3 is 10.1 Å². The van der Waals surface area contributed by atoms with Crippen LogP contribution in [0.4, 0.5) is 0 Å². The Kier molecular flexibility index (Phi) is 3.73.